The van der Waals surface area contributed by atoms with Gasteiger partial charge in [0.15, 0.2) is 0 Å². The fourth-order valence-electron chi connectivity index (χ4n) is 2.90. The Morgan fingerprint density at radius 3 is 2.43 bits per heavy atom. The summed E-state index contributed by atoms with van der Waals surface area (Å²) in [5.41, 5.74) is 1.16. The molecule has 0 atom stereocenters. The Balaban J connectivity index is 2.03. The molecule has 0 unspecified atom stereocenters. The molecule has 4 nitrogen and oxygen atoms in total. The molecule has 2 aromatic rings. The highest BCUT2D eigenvalue weighted by molar-refractivity contribution is 5.94. The molecule has 112 valence electrons. The number of benzene rings is 2. The Morgan fingerprint density at radius 1 is 1.05 bits per heavy atom. The fourth-order valence-corrected chi connectivity index (χ4v) is 2.90. The number of hydrogen-bond acceptors (Lipinski definition) is 4. The second kappa shape index (κ2) is 6.33. The van der Waals surface area contributed by atoms with E-state index in [2.05, 4.69) is 23.1 Å². The van der Waals surface area contributed by atoms with Crippen molar-refractivity contribution in [2.24, 2.45) is 0 Å². The molecule has 0 saturated carbocycles. The van der Waals surface area contributed by atoms with Crippen molar-refractivity contribution in [2.75, 3.05) is 40.5 Å². The van der Waals surface area contributed by atoms with E-state index < -0.39 is 0 Å². The van der Waals surface area contributed by atoms with Crippen molar-refractivity contribution in [1.82, 2.24) is 4.90 Å². The van der Waals surface area contributed by atoms with Gasteiger partial charge < -0.3 is 14.2 Å². The topological polar surface area (TPSA) is 30.9 Å². The molecule has 21 heavy (non-hydrogen) atoms. The molecule has 1 aliphatic heterocycles. The van der Waals surface area contributed by atoms with Gasteiger partial charge in [-0.2, -0.15) is 0 Å². The van der Waals surface area contributed by atoms with Crippen molar-refractivity contribution in [3.05, 3.63) is 35.9 Å². The molecular formula is C17H21NO3. The highest BCUT2D eigenvalue weighted by atomic mass is 16.5. The van der Waals surface area contributed by atoms with Crippen molar-refractivity contribution >= 4 is 10.8 Å². The molecule has 2 aromatic carbocycles. The summed E-state index contributed by atoms with van der Waals surface area (Å²) in [6.07, 6.45) is 0. The summed E-state index contributed by atoms with van der Waals surface area (Å²) >= 11 is 0. The second-order valence-electron chi connectivity index (χ2n) is 5.21. The molecule has 3 rings (SSSR count). The summed E-state index contributed by atoms with van der Waals surface area (Å²) in [5, 5.41) is 2.19. The van der Waals surface area contributed by atoms with Crippen LogP contribution in [0.5, 0.6) is 11.5 Å². The van der Waals surface area contributed by atoms with Crippen LogP contribution in [0.15, 0.2) is 30.3 Å². The van der Waals surface area contributed by atoms with Gasteiger partial charge in [-0.1, -0.05) is 24.3 Å². The van der Waals surface area contributed by atoms with Gasteiger partial charge in [-0.3, -0.25) is 4.90 Å². The number of hydrogen-bond donors (Lipinski definition) is 0. The first-order chi connectivity index (χ1) is 10.3. The molecule has 0 radical (unpaired) electrons. The third-order valence-corrected chi connectivity index (χ3v) is 3.96. The van der Waals surface area contributed by atoms with Crippen LogP contribution in [0, 0.1) is 0 Å². The molecule has 4 heteroatoms. The van der Waals surface area contributed by atoms with E-state index in [1.807, 2.05) is 12.1 Å². The number of nitrogens with zero attached hydrogens (tertiary/aromatic N) is 1. The van der Waals surface area contributed by atoms with Crippen LogP contribution >= 0.6 is 0 Å². The Bertz CT molecular complexity index is 621. The summed E-state index contributed by atoms with van der Waals surface area (Å²) in [4.78, 5) is 2.38. The SMILES string of the molecule is COc1cc(CN2CCOCC2)c(OC)c2ccccc12. The summed E-state index contributed by atoms with van der Waals surface area (Å²) < 4.78 is 16.7. The second-order valence-corrected chi connectivity index (χ2v) is 5.21. The number of ether oxygens (including phenoxy) is 3. The summed E-state index contributed by atoms with van der Waals surface area (Å²) in [7, 11) is 3.45. The van der Waals surface area contributed by atoms with Crippen LogP contribution < -0.4 is 9.47 Å². The predicted octanol–water partition coefficient (Wildman–Crippen LogP) is 2.69. The van der Waals surface area contributed by atoms with Gasteiger partial charge in [-0.05, 0) is 6.07 Å². The maximum atomic E-state index is 5.69. The minimum Gasteiger partial charge on any atom is -0.496 e. The van der Waals surface area contributed by atoms with Gasteiger partial charge in [0.05, 0.1) is 27.4 Å². The number of rotatable bonds is 4. The van der Waals surface area contributed by atoms with Gasteiger partial charge in [0.1, 0.15) is 11.5 Å². The quantitative estimate of drug-likeness (QED) is 0.865. The van der Waals surface area contributed by atoms with Gasteiger partial charge in [-0.25, -0.2) is 0 Å². The molecule has 0 aliphatic carbocycles. The lowest BCUT2D eigenvalue weighted by Gasteiger charge is -2.27. The summed E-state index contributed by atoms with van der Waals surface area (Å²) in [5.74, 6) is 1.84. The van der Waals surface area contributed by atoms with Crippen LogP contribution in [0.4, 0.5) is 0 Å². The van der Waals surface area contributed by atoms with Crippen molar-refractivity contribution in [2.45, 2.75) is 6.54 Å². The number of methoxy groups -OCH3 is 2. The highest BCUT2D eigenvalue weighted by Crippen LogP contribution is 2.37. The lowest BCUT2D eigenvalue weighted by Crippen LogP contribution is -2.35. The van der Waals surface area contributed by atoms with Crippen LogP contribution in [0.1, 0.15) is 5.56 Å². The summed E-state index contributed by atoms with van der Waals surface area (Å²) in [6, 6.07) is 10.3. The van der Waals surface area contributed by atoms with E-state index in [-0.39, 0.29) is 0 Å². The van der Waals surface area contributed by atoms with E-state index >= 15 is 0 Å². The third kappa shape index (κ3) is 2.82. The average molecular weight is 287 g/mol. The Kier molecular flexibility index (Phi) is 4.27. The molecule has 0 aromatic heterocycles. The predicted molar refractivity (Wildman–Crippen MR) is 83.1 cm³/mol. The lowest BCUT2D eigenvalue weighted by molar-refractivity contribution is 0.0339. The smallest absolute Gasteiger partial charge is 0.131 e. The van der Waals surface area contributed by atoms with E-state index in [9.17, 15) is 0 Å². The minimum absolute atomic E-state index is 0.799. The first kappa shape index (κ1) is 14.2. The van der Waals surface area contributed by atoms with E-state index in [1.165, 1.54) is 0 Å². The molecule has 0 N–H and O–H groups in total. The molecular weight excluding hydrogens is 266 g/mol. The Hall–Kier alpha value is -1.78. The molecule has 0 bridgehead atoms. The first-order valence-corrected chi connectivity index (χ1v) is 7.26. The maximum Gasteiger partial charge on any atom is 0.131 e. The highest BCUT2D eigenvalue weighted by Gasteiger charge is 2.17. The van der Waals surface area contributed by atoms with Gasteiger partial charge >= 0.3 is 0 Å². The largest absolute Gasteiger partial charge is 0.496 e. The monoisotopic (exact) mass is 287 g/mol. The molecule has 0 spiro atoms. The normalized spacial score (nSPS) is 16.1. The molecule has 1 heterocycles. The van der Waals surface area contributed by atoms with Crippen LogP contribution in [0.3, 0.4) is 0 Å². The number of fused-ring (bicyclic) bond motifs is 1. The average Bonchev–Trinajstić information content (AvgIpc) is 2.55. The lowest BCUT2D eigenvalue weighted by atomic mass is 10.0. The maximum absolute atomic E-state index is 5.69. The third-order valence-electron chi connectivity index (χ3n) is 3.96. The molecule has 1 aliphatic rings. The standard InChI is InChI=1S/C17H21NO3/c1-19-16-11-13(12-18-7-9-21-10-8-18)17(20-2)15-6-4-3-5-14(15)16/h3-6,11H,7-10,12H2,1-2H3. The van der Waals surface area contributed by atoms with Crippen LogP contribution in [-0.2, 0) is 11.3 Å². The van der Waals surface area contributed by atoms with E-state index in [0.29, 0.717) is 0 Å². The molecule has 1 fully saturated rings. The van der Waals surface area contributed by atoms with Gasteiger partial charge in [0.25, 0.3) is 0 Å². The molecule has 0 amide bonds. The van der Waals surface area contributed by atoms with Crippen molar-refractivity contribution < 1.29 is 14.2 Å². The van der Waals surface area contributed by atoms with E-state index in [1.54, 1.807) is 14.2 Å². The zero-order valence-corrected chi connectivity index (χ0v) is 12.6. The van der Waals surface area contributed by atoms with E-state index in [0.717, 1.165) is 60.7 Å². The Morgan fingerprint density at radius 2 is 1.76 bits per heavy atom. The first-order valence-electron chi connectivity index (χ1n) is 7.26. The zero-order chi connectivity index (χ0) is 14.7. The summed E-state index contributed by atoms with van der Waals surface area (Å²) in [6.45, 7) is 4.37. The van der Waals surface area contributed by atoms with Gasteiger partial charge in [0, 0.05) is 36.0 Å². The van der Waals surface area contributed by atoms with Gasteiger partial charge in [-0.15, -0.1) is 0 Å². The zero-order valence-electron chi connectivity index (χ0n) is 12.6. The van der Waals surface area contributed by atoms with Crippen LogP contribution in [0.25, 0.3) is 10.8 Å². The minimum atomic E-state index is 0.799. The van der Waals surface area contributed by atoms with E-state index in [4.69, 9.17) is 14.2 Å². The molecule has 1 saturated heterocycles. The van der Waals surface area contributed by atoms with Crippen LogP contribution in [-0.4, -0.2) is 45.4 Å². The van der Waals surface area contributed by atoms with Crippen molar-refractivity contribution in [3.8, 4) is 11.5 Å². The fraction of sp³-hybridized carbons (Fsp3) is 0.412. The van der Waals surface area contributed by atoms with Crippen LogP contribution in [0.2, 0.25) is 0 Å². The van der Waals surface area contributed by atoms with Gasteiger partial charge in [0.2, 0.25) is 0 Å². The van der Waals surface area contributed by atoms with Crippen molar-refractivity contribution in [1.29, 1.82) is 0 Å². The van der Waals surface area contributed by atoms with Crippen molar-refractivity contribution in [3.63, 3.8) is 0 Å². The number of morpholine rings is 1. The Labute approximate surface area is 125 Å².